The molecule has 0 fully saturated rings. The zero-order chi connectivity index (χ0) is 23.6. The van der Waals surface area contributed by atoms with E-state index in [4.69, 9.17) is 44.3 Å². The maximum Gasteiger partial charge on any atom is 0.311 e. The van der Waals surface area contributed by atoms with Crippen LogP contribution in [0.15, 0.2) is 12.1 Å². The highest BCUT2D eigenvalue weighted by atomic mass is 35.5. The maximum atomic E-state index is 11.9. The number of hydrogen-bond acceptors (Lipinski definition) is 4. The molecule has 0 saturated carbocycles. The fourth-order valence-electron chi connectivity index (χ4n) is 3.34. The first-order valence-electron chi connectivity index (χ1n) is 11.9. The Labute approximate surface area is 208 Å². The average Bonchev–Trinajstić information content (AvgIpc) is 2.75. The van der Waals surface area contributed by atoms with Crippen LogP contribution in [-0.2, 0) is 14.3 Å². The Morgan fingerprint density at radius 2 is 1.16 bits per heavy atom. The molecule has 1 rings (SSSR count). The summed E-state index contributed by atoms with van der Waals surface area (Å²) in [5.74, 6) is -0.0995. The van der Waals surface area contributed by atoms with Gasteiger partial charge in [-0.05, 0) is 19.3 Å². The fraction of sp³-hybridized carbons (Fsp3) is 0.680. The normalized spacial score (nSPS) is 10.9. The number of esters is 2. The van der Waals surface area contributed by atoms with Crippen molar-refractivity contribution in [3.63, 3.8) is 0 Å². The Bertz CT molecular complexity index is 656. The summed E-state index contributed by atoms with van der Waals surface area (Å²) in [5.41, 5.74) is 0. The molecule has 32 heavy (non-hydrogen) atoms. The van der Waals surface area contributed by atoms with Gasteiger partial charge in [-0.2, -0.15) is 0 Å². The SMILES string of the molecule is CCCCCCCCCOC(=O)CCCCCCCCC(=O)Oc1cc(Cl)c(Cl)c(Cl)c1. The van der Waals surface area contributed by atoms with Gasteiger partial charge in [0.2, 0.25) is 0 Å². The molecule has 0 heterocycles. The van der Waals surface area contributed by atoms with E-state index in [1.165, 1.54) is 44.2 Å². The lowest BCUT2D eigenvalue weighted by Crippen LogP contribution is -2.07. The Hall–Kier alpha value is -0.970. The highest BCUT2D eigenvalue weighted by Crippen LogP contribution is 2.34. The van der Waals surface area contributed by atoms with Crippen LogP contribution >= 0.6 is 34.8 Å². The average molecular weight is 508 g/mol. The van der Waals surface area contributed by atoms with E-state index in [1.807, 2.05) is 0 Å². The zero-order valence-electron chi connectivity index (χ0n) is 19.2. The van der Waals surface area contributed by atoms with Gasteiger partial charge in [0.1, 0.15) is 5.75 Å². The van der Waals surface area contributed by atoms with Crippen molar-refractivity contribution in [2.45, 2.75) is 103 Å². The van der Waals surface area contributed by atoms with E-state index in [0.717, 1.165) is 51.4 Å². The number of carbonyl (C=O) groups is 2. The highest BCUT2D eigenvalue weighted by Gasteiger charge is 2.10. The first-order chi connectivity index (χ1) is 15.4. The summed E-state index contributed by atoms with van der Waals surface area (Å²) in [7, 11) is 0. The van der Waals surface area contributed by atoms with Crippen molar-refractivity contribution in [3.8, 4) is 5.75 Å². The van der Waals surface area contributed by atoms with Crippen LogP contribution in [0, 0.1) is 0 Å². The minimum atomic E-state index is -0.317. The van der Waals surface area contributed by atoms with E-state index in [2.05, 4.69) is 6.92 Å². The van der Waals surface area contributed by atoms with Crippen molar-refractivity contribution < 1.29 is 19.1 Å². The molecule has 0 aliphatic carbocycles. The van der Waals surface area contributed by atoms with Crippen LogP contribution < -0.4 is 4.74 Å². The van der Waals surface area contributed by atoms with Crippen molar-refractivity contribution in [2.75, 3.05) is 6.61 Å². The van der Waals surface area contributed by atoms with Gasteiger partial charge >= 0.3 is 11.9 Å². The van der Waals surface area contributed by atoms with Crippen LogP contribution in [-0.4, -0.2) is 18.5 Å². The minimum absolute atomic E-state index is 0.0823. The number of unbranched alkanes of at least 4 members (excludes halogenated alkanes) is 11. The number of rotatable bonds is 18. The molecule has 0 aromatic heterocycles. The fourth-order valence-corrected chi connectivity index (χ4v) is 3.91. The van der Waals surface area contributed by atoms with Gasteiger partial charge < -0.3 is 9.47 Å². The molecular formula is C25H37Cl3O4. The second kappa shape index (κ2) is 18.5. The van der Waals surface area contributed by atoms with Crippen LogP contribution in [0.1, 0.15) is 103 Å². The summed E-state index contributed by atoms with van der Waals surface area (Å²) < 4.78 is 10.6. The predicted molar refractivity (Wildman–Crippen MR) is 133 cm³/mol. The minimum Gasteiger partial charge on any atom is -0.466 e. The van der Waals surface area contributed by atoms with Crippen LogP contribution in [0.25, 0.3) is 0 Å². The molecule has 0 aliphatic rings. The lowest BCUT2D eigenvalue weighted by molar-refractivity contribution is -0.144. The monoisotopic (exact) mass is 506 g/mol. The third-order valence-corrected chi connectivity index (χ3v) is 6.41. The molecule has 0 atom stereocenters. The first-order valence-corrected chi connectivity index (χ1v) is 13.1. The van der Waals surface area contributed by atoms with Crippen molar-refractivity contribution in [1.82, 2.24) is 0 Å². The van der Waals surface area contributed by atoms with Crippen molar-refractivity contribution in [3.05, 3.63) is 27.2 Å². The molecule has 1 aromatic rings. The highest BCUT2D eigenvalue weighted by molar-refractivity contribution is 6.48. The Kier molecular flexibility index (Phi) is 16.8. The predicted octanol–water partition coefficient (Wildman–Crippen LogP) is 8.97. The van der Waals surface area contributed by atoms with E-state index in [0.29, 0.717) is 25.2 Å². The number of hydrogen-bond donors (Lipinski definition) is 0. The van der Waals surface area contributed by atoms with Crippen molar-refractivity contribution >= 4 is 46.7 Å². The van der Waals surface area contributed by atoms with Crippen LogP contribution in [0.3, 0.4) is 0 Å². The van der Waals surface area contributed by atoms with Crippen molar-refractivity contribution in [2.24, 2.45) is 0 Å². The van der Waals surface area contributed by atoms with Crippen LogP contribution in [0.4, 0.5) is 0 Å². The maximum absolute atomic E-state index is 11.9. The largest absolute Gasteiger partial charge is 0.466 e. The molecule has 0 aliphatic heterocycles. The number of halogens is 3. The van der Waals surface area contributed by atoms with Gasteiger partial charge in [-0.3, -0.25) is 9.59 Å². The first kappa shape index (κ1) is 29.1. The molecule has 182 valence electrons. The summed E-state index contributed by atoms with van der Waals surface area (Å²) in [5, 5.41) is 0.752. The molecule has 4 nitrogen and oxygen atoms in total. The molecule has 0 N–H and O–H groups in total. The van der Waals surface area contributed by atoms with Gasteiger partial charge in [0.15, 0.2) is 0 Å². The van der Waals surface area contributed by atoms with Crippen LogP contribution in [0.5, 0.6) is 5.75 Å². The van der Waals surface area contributed by atoms with Gasteiger partial charge in [-0.25, -0.2) is 0 Å². The Morgan fingerprint density at radius 3 is 1.72 bits per heavy atom. The van der Waals surface area contributed by atoms with E-state index in [9.17, 15) is 9.59 Å². The summed E-state index contributed by atoms with van der Waals surface area (Å²) in [6, 6.07) is 2.96. The number of ether oxygens (including phenoxy) is 2. The third-order valence-electron chi connectivity index (χ3n) is 5.21. The molecule has 0 saturated heterocycles. The number of carbonyl (C=O) groups excluding carboxylic acids is 2. The van der Waals surface area contributed by atoms with Gasteiger partial charge in [-0.15, -0.1) is 0 Å². The van der Waals surface area contributed by atoms with Gasteiger partial charge in [0, 0.05) is 25.0 Å². The van der Waals surface area contributed by atoms with Gasteiger partial charge in [-0.1, -0.05) is 106 Å². The summed E-state index contributed by atoms with van der Waals surface area (Å²) in [6.07, 6.45) is 15.0. The van der Waals surface area contributed by atoms with E-state index >= 15 is 0 Å². The molecule has 1 aromatic carbocycles. The van der Waals surface area contributed by atoms with Gasteiger partial charge in [0.05, 0.1) is 21.7 Å². The van der Waals surface area contributed by atoms with Crippen LogP contribution in [0.2, 0.25) is 15.1 Å². The van der Waals surface area contributed by atoms with E-state index < -0.39 is 0 Å². The van der Waals surface area contributed by atoms with Crippen molar-refractivity contribution in [1.29, 1.82) is 0 Å². The molecule has 0 unspecified atom stereocenters. The summed E-state index contributed by atoms with van der Waals surface area (Å²) >= 11 is 17.7. The molecular weight excluding hydrogens is 471 g/mol. The quantitative estimate of drug-likeness (QED) is 0.0860. The Morgan fingerprint density at radius 1 is 0.688 bits per heavy atom. The second-order valence-electron chi connectivity index (χ2n) is 8.14. The summed E-state index contributed by atoms with van der Waals surface area (Å²) in [4.78, 5) is 23.7. The standard InChI is InChI=1S/C25H37Cl3O4/c1-2-3-4-5-8-11-14-17-31-23(29)15-12-9-6-7-10-13-16-24(30)32-20-18-21(26)25(28)22(27)19-20/h18-19H,2-17H2,1H3. The third kappa shape index (κ3) is 14.2. The smallest absolute Gasteiger partial charge is 0.311 e. The Balaban J connectivity index is 1.94. The number of benzene rings is 1. The second-order valence-corrected chi connectivity index (χ2v) is 9.33. The van der Waals surface area contributed by atoms with Gasteiger partial charge in [0.25, 0.3) is 0 Å². The van der Waals surface area contributed by atoms with E-state index in [1.54, 1.807) is 0 Å². The summed E-state index contributed by atoms with van der Waals surface area (Å²) in [6.45, 7) is 2.77. The molecule has 0 spiro atoms. The topological polar surface area (TPSA) is 52.6 Å². The lowest BCUT2D eigenvalue weighted by Gasteiger charge is -2.07. The molecule has 0 amide bonds. The molecule has 0 bridgehead atoms. The molecule has 7 heteroatoms. The molecule has 0 radical (unpaired) electrons. The van der Waals surface area contributed by atoms with E-state index in [-0.39, 0.29) is 27.0 Å². The lowest BCUT2D eigenvalue weighted by atomic mass is 10.1. The zero-order valence-corrected chi connectivity index (χ0v) is 21.5.